The summed E-state index contributed by atoms with van der Waals surface area (Å²) in [6.45, 7) is 3.11. The molecule has 34 heavy (non-hydrogen) atoms. The molecule has 0 fully saturated rings. The van der Waals surface area contributed by atoms with Gasteiger partial charge in [-0.15, -0.1) is 0 Å². The van der Waals surface area contributed by atoms with E-state index >= 15 is 0 Å². The molecule has 4 aromatic rings. The second kappa shape index (κ2) is 10.0. The number of benzene rings is 1. The van der Waals surface area contributed by atoms with Gasteiger partial charge in [-0.2, -0.15) is 18.3 Å². The van der Waals surface area contributed by atoms with Crippen LogP contribution in [0.5, 0.6) is 0 Å². The molecule has 13 heteroatoms. The van der Waals surface area contributed by atoms with Crippen molar-refractivity contribution in [3.63, 3.8) is 0 Å². The summed E-state index contributed by atoms with van der Waals surface area (Å²) in [6, 6.07) is 11.2. The maximum absolute atomic E-state index is 12.4. The molecular formula is C21H19F3N6O4. The number of aromatic amines is 1. The molecule has 3 heterocycles. The Balaban J connectivity index is 0.000000406. The highest BCUT2D eigenvalue weighted by atomic mass is 19.4. The number of aromatic nitrogens is 5. The zero-order valence-electron chi connectivity index (χ0n) is 17.7. The molecule has 0 bridgehead atoms. The number of rotatable bonds is 5. The zero-order chi connectivity index (χ0) is 24.9. The van der Waals surface area contributed by atoms with Gasteiger partial charge in [0.25, 0.3) is 5.91 Å². The number of nitrogens with one attached hydrogen (secondary N) is 2. The first-order valence-electron chi connectivity index (χ1n) is 9.75. The molecule has 0 saturated carbocycles. The standard InChI is InChI=1S/C19H18N6O2.C2HF3O2/c1-13-20-6-8-24(13)12-15-4-2-3-14(9-15)11-21-18(26)16-5-7-25-17(10-16)22-23-19(25)27;3-2(4,5)1(6)7/h2-10H,11-12H2,1H3,(H,21,26)(H,23,27);(H,6,7). The number of amides is 1. The number of H-pyrrole nitrogens is 1. The smallest absolute Gasteiger partial charge is 0.475 e. The maximum Gasteiger partial charge on any atom is 0.490 e. The number of carbonyl (C=O) groups excluding carboxylic acids is 1. The number of fused-ring (bicyclic) bond motifs is 1. The van der Waals surface area contributed by atoms with Gasteiger partial charge in [-0.1, -0.05) is 24.3 Å². The highest BCUT2D eigenvalue weighted by molar-refractivity contribution is 5.94. The average Bonchev–Trinajstić information content (AvgIpc) is 3.37. The van der Waals surface area contributed by atoms with Crippen molar-refractivity contribution in [3.05, 3.63) is 88.0 Å². The Labute approximate surface area is 189 Å². The third-order valence-corrected chi connectivity index (χ3v) is 4.65. The minimum absolute atomic E-state index is 0.219. The van der Waals surface area contributed by atoms with E-state index in [0.717, 1.165) is 23.5 Å². The second-order valence-electron chi connectivity index (χ2n) is 7.08. The molecule has 3 aromatic heterocycles. The lowest BCUT2D eigenvalue weighted by Gasteiger charge is -2.09. The van der Waals surface area contributed by atoms with E-state index in [1.54, 1.807) is 18.3 Å². The van der Waals surface area contributed by atoms with Crippen LogP contribution < -0.4 is 11.0 Å². The van der Waals surface area contributed by atoms with Gasteiger partial charge in [0.2, 0.25) is 0 Å². The number of halogens is 3. The molecule has 1 amide bonds. The number of hydrogen-bond acceptors (Lipinski definition) is 5. The van der Waals surface area contributed by atoms with E-state index in [-0.39, 0.29) is 11.6 Å². The molecule has 0 aliphatic heterocycles. The Morgan fingerprint density at radius 2 is 1.85 bits per heavy atom. The van der Waals surface area contributed by atoms with Crippen molar-refractivity contribution < 1.29 is 27.9 Å². The van der Waals surface area contributed by atoms with Crippen LogP contribution >= 0.6 is 0 Å². The van der Waals surface area contributed by atoms with Crippen LogP contribution in [-0.2, 0) is 17.9 Å². The Kier molecular flexibility index (Phi) is 7.14. The molecule has 0 aliphatic rings. The highest BCUT2D eigenvalue weighted by Crippen LogP contribution is 2.13. The number of pyridine rings is 1. The quantitative estimate of drug-likeness (QED) is 0.404. The first kappa shape index (κ1) is 24.2. The van der Waals surface area contributed by atoms with E-state index in [2.05, 4.69) is 31.1 Å². The van der Waals surface area contributed by atoms with Crippen LogP contribution in [0.15, 0.2) is 59.8 Å². The number of carboxylic acids is 1. The Hall–Kier alpha value is -4.42. The fourth-order valence-electron chi connectivity index (χ4n) is 2.94. The van der Waals surface area contributed by atoms with Crippen molar-refractivity contribution in [2.75, 3.05) is 0 Å². The van der Waals surface area contributed by atoms with Gasteiger partial charge in [-0.3, -0.25) is 9.20 Å². The van der Waals surface area contributed by atoms with Crippen LogP contribution in [0.2, 0.25) is 0 Å². The summed E-state index contributed by atoms with van der Waals surface area (Å²) >= 11 is 0. The van der Waals surface area contributed by atoms with Crippen LogP contribution in [0.4, 0.5) is 13.2 Å². The van der Waals surface area contributed by atoms with Crippen molar-refractivity contribution in [2.45, 2.75) is 26.2 Å². The van der Waals surface area contributed by atoms with E-state index in [1.165, 1.54) is 10.6 Å². The number of hydrogen-bond donors (Lipinski definition) is 3. The lowest BCUT2D eigenvalue weighted by atomic mass is 10.1. The lowest BCUT2D eigenvalue weighted by molar-refractivity contribution is -0.192. The van der Waals surface area contributed by atoms with Gasteiger partial charge >= 0.3 is 17.8 Å². The van der Waals surface area contributed by atoms with Crippen LogP contribution in [0, 0.1) is 6.92 Å². The molecule has 4 rings (SSSR count). The van der Waals surface area contributed by atoms with Crippen LogP contribution in [0.3, 0.4) is 0 Å². The van der Waals surface area contributed by atoms with Crippen molar-refractivity contribution in [2.24, 2.45) is 0 Å². The Morgan fingerprint density at radius 3 is 2.50 bits per heavy atom. The summed E-state index contributed by atoms with van der Waals surface area (Å²) < 4.78 is 35.1. The topological polar surface area (TPSA) is 134 Å². The first-order valence-corrected chi connectivity index (χ1v) is 9.75. The average molecular weight is 476 g/mol. The van der Waals surface area contributed by atoms with Gasteiger partial charge < -0.3 is 15.0 Å². The van der Waals surface area contributed by atoms with Gasteiger partial charge in [-0.05, 0) is 30.2 Å². The molecule has 0 spiro atoms. The number of aliphatic carboxylic acids is 1. The van der Waals surface area contributed by atoms with E-state index in [0.29, 0.717) is 17.8 Å². The van der Waals surface area contributed by atoms with Crippen molar-refractivity contribution >= 4 is 17.5 Å². The second-order valence-corrected chi connectivity index (χ2v) is 7.08. The fourth-order valence-corrected chi connectivity index (χ4v) is 2.94. The third kappa shape index (κ3) is 6.09. The summed E-state index contributed by atoms with van der Waals surface area (Å²) in [6.07, 6.45) is 0.175. The van der Waals surface area contributed by atoms with E-state index in [1.807, 2.05) is 31.3 Å². The van der Waals surface area contributed by atoms with Crippen LogP contribution in [-0.4, -0.2) is 47.3 Å². The molecule has 1 aromatic carbocycles. The fraction of sp³-hybridized carbons (Fsp3) is 0.190. The molecule has 178 valence electrons. The zero-order valence-corrected chi connectivity index (χ0v) is 17.7. The monoisotopic (exact) mass is 476 g/mol. The molecule has 0 atom stereocenters. The molecule has 3 N–H and O–H groups in total. The van der Waals surface area contributed by atoms with Crippen molar-refractivity contribution in [3.8, 4) is 0 Å². The van der Waals surface area contributed by atoms with Crippen molar-refractivity contribution in [1.82, 2.24) is 29.5 Å². The van der Waals surface area contributed by atoms with Gasteiger partial charge in [0, 0.05) is 37.2 Å². The normalized spacial score (nSPS) is 11.1. The third-order valence-electron chi connectivity index (χ3n) is 4.65. The van der Waals surface area contributed by atoms with E-state index in [9.17, 15) is 22.8 Å². The maximum atomic E-state index is 12.4. The molecule has 0 saturated heterocycles. The predicted molar refractivity (Wildman–Crippen MR) is 113 cm³/mol. The Morgan fingerprint density at radius 1 is 1.15 bits per heavy atom. The highest BCUT2D eigenvalue weighted by Gasteiger charge is 2.38. The summed E-state index contributed by atoms with van der Waals surface area (Å²) in [7, 11) is 0. The molecule has 0 unspecified atom stereocenters. The van der Waals surface area contributed by atoms with Gasteiger partial charge in [0.05, 0.1) is 0 Å². The molecular weight excluding hydrogens is 457 g/mol. The number of alkyl halides is 3. The number of aryl methyl sites for hydroxylation is 1. The minimum atomic E-state index is -5.08. The van der Waals surface area contributed by atoms with Crippen LogP contribution in [0.1, 0.15) is 27.3 Å². The largest absolute Gasteiger partial charge is 0.490 e. The van der Waals surface area contributed by atoms with Crippen molar-refractivity contribution in [1.29, 1.82) is 0 Å². The predicted octanol–water partition coefficient (Wildman–Crippen LogP) is 2.14. The minimum Gasteiger partial charge on any atom is -0.475 e. The summed E-state index contributed by atoms with van der Waals surface area (Å²) in [5.74, 6) is -2.02. The number of nitrogens with zero attached hydrogens (tertiary/aromatic N) is 4. The van der Waals surface area contributed by atoms with Gasteiger partial charge in [0.15, 0.2) is 5.65 Å². The van der Waals surface area contributed by atoms with Crippen LogP contribution in [0.25, 0.3) is 5.65 Å². The van der Waals surface area contributed by atoms with E-state index in [4.69, 9.17) is 9.90 Å². The van der Waals surface area contributed by atoms with E-state index < -0.39 is 12.1 Å². The summed E-state index contributed by atoms with van der Waals surface area (Å²) in [5, 5.41) is 16.2. The SMILES string of the molecule is Cc1nccn1Cc1cccc(CNC(=O)c2ccn3c(=O)[nH]nc3c2)c1.O=C(O)C(F)(F)F. The first-order chi connectivity index (χ1) is 16.0. The molecule has 10 nitrogen and oxygen atoms in total. The van der Waals surface area contributed by atoms with Gasteiger partial charge in [0.1, 0.15) is 5.82 Å². The molecule has 0 radical (unpaired) electrons. The molecule has 0 aliphatic carbocycles. The Bertz CT molecular complexity index is 1370. The number of carbonyl (C=O) groups is 2. The lowest BCUT2D eigenvalue weighted by Crippen LogP contribution is -2.23. The number of imidazole rings is 1. The number of carboxylic acid groups (broad SMARTS) is 1. The van der Waals surface area contributed by atoms with Gasteiger partial charge in [-0.25, -0.2) is 19.7 Å². The summed E-state index contributed by atoms with van der Waals surface area (Å²) in [4.78, 5) is 37.0. The summed E-state index contributed by atoms with van der Waals surface area (Å²) in [5.41, 5.74) is 2.68.